The summed E-state index contributed by atoms with van der Waals surface area (Å²) in [7, 11) is -0.819. The second kappa shape index (κ2) is 4.84. The van der Waals surface area contributed by atoms with Crippen molar-refractivity contribution in [3.63, 3.8) is 0 Å². The highest BCUT2D eigenvalue weighted by Gasteiger charge is 2.27. The molecular formula is C14H13BO3. The summed E-state index contributed by atoms with van der Waals surface area (Å²) in [6.07, 6.45) is 0. The number of rotatable bonds is 3. The van der Waals surface area contributed by atoms with Crippen LogP contribution < -0.4 is 10.2 Å². The molecule has 2 aromatic rings. The maximum absolute atomic E-state index is 9.61. The average molecular weight is 240 g/mol. The molecule has 1 aliphatic heterocycles. The molecule has 0 fully saturated rings. The second-order valence-corrected chi connectivity index (χ2v) is 4.30. The highest BCUT2D eigenvalue weighted by Crippen LogP contribution is 2.17. The van der Waals surface area contributed by atoms with Crippen LogP contribution in [0.25, 0.3) is 0 Å². The number of hydrogen-bond acceptors (Lipinski definition) is 3. The summed E-state index contributed by atoms with van der Waals surface area (Å²) in [5, 5.41) is 9.61. The van der Waals surface area contributed by atoms with E-state index in [1.807, 2.05) is 48.5 Å². The molecule has 18 heavy (non-hydrogen) atoms. The Bertz CT molecular complexity index is 542. The average Bonchev–Trinajstić information content (AvgIpc) is 2.79. The third-order valence-corrected chi connectivity index (χ3v) is 3.03. The smallest absolute Gasteiger partial charge is 0.489 e. The first-order chi connectivity index (χ1) is 8.83. The van der Waals surface area contributed by atoms with E-state index < -0.39 is 7.12 Å². The van der Waals surface area contributed by atoms with Gasteiger partial charge in [-0.2, -0.15) is 0 Å². The Morgan fingerprint density at radius 1 is 1.17 bits per heavy atom. The van der Waals surface area contributed by atoms with Crippen LogP contribution in [-0.4, -0.2) is 12.1 Å². The van der Waals surface area contributed by atoms with Gasteiger partial charge in [0, 0.05) is 0 Å². The number of benzene rings is 2. The molecule has 4 heteroatoms. The lowest BCUT2D eigenvalue weighted by Gasteiger charge is -2.07. The minimum Gasteiger partial charge on any atom is -0.489 e. The van der Waals surface area contributed by atoms with E-state index in [1.54, 1.807) is 0 Å². The van der Waals surface area contributed by atoms with Crippen LogP contribution in [-0.2, 0) is 17.9 Å². The van der Waals surface area contributed by atoms with E-state index in [4.69, 9.17) is 9.39 Å². The van der Waals surface area contributed by atoms with Gasteiger partial charge in [0.25, 0.3) is 0 Å². The summed E-state index contributed by atoms with van der Waals surface area (Å²) in [6, 6.07) is 15.7. The fourth-order valence-corrected chi connectivity index (χ4v) is 2.02. The highest BCUT2D eigenvalue weighted by atomic mass is 16.5. The third kappa shape index (κ3) is 2.25. The molecule has 0 spiro atoms. The lowest BCUT2D eigenvalue weighted by atomic mass is 9.79. The molecule has 2 aromatic carbocycles. The fourth-order valence-electron chi connectivity index (χ4n) is 2.02. The molecule has 0 saturated heterocycles. The summed E-state index contributed by atoms with van der Waals surface area (Å²) in [4.78, 5) is 0. The van der Waals surface area contributed by atoms with Crippen LogP contribution in [0.3, 0.4) is 0 Å². The van der Waals surface area contributed by atoms with Crippen LogP contribution in [0, 0.1) is 0 Å². The van der Waals surface area contributed by atoms with E-state index in [-0.39, 0.29) is 0 Å². The summed E-state index contributed by atoms with van der Waals surface area (Å²) >= 11 is 0. The van der Waals surface area contributed by atoms with Gasteiger partial charge < -0.3 is 14.4 Å². The zero-order valence-corrected chi connectivity index (χ0v) is 9.87. The molecule has 0 aliphatic carbocycles. The van der Waals surface area contributed by atoms with E-state index in [0.29, 0.717) is 13.2 Å². The summed E-state index contributed by atoms with van der Waals surface area (Å²) in [5.41, 5.74) is 2.95. The lowest BCUT2D eigenvalue weighted by Crippen LogP contribution is -2.27. The van der Waals surface area contributed by atoms with Gasteiger partial charge >= 0.3 is 7.12 Å². The molecule has 1 N–H and O–H groups in total. The molecule has 3 rings (SSSR count). The zero-order valence-electron chi connectivity index (χ0n) is 9.87. The van der Waals surface area contributed by atoms with Crippen molar-refractivity contribution in [2.24, 2.45) is 0 Å². The quantitative estimate of drug-likeness (QED) is 0.826. The Morgan fingerprint density at radius 3 is 2.83 bits per heavy atom. The molecule has 0 amide bonds. The fraction of sp³-hybridized carbons (Fsp3) is 0.143. The first-order valence-corrected chi connectivity index (χ1v) is 5.92. The minimum absolute atomic E-state index is 0.468. The first kappa shape index (κ1) is 11.3. The predicted octanol–water partition coefficient (Wildman–Crippen LogP) is 1.48. The molecule has 1 heterocycles. The standard InChI is InChI=1S/C14H13BO3/c16-15-14-8-13(7-6-12(14)10-18-15)17-9-11-4-2-1-3-5-11/h1-8,16H,9-10H2. The van der Waals surface area contributed by atoms with Gasteiger partial charge in [-0.05, 0) is 28.7 Å². The number of ether oxygens (including phenoxy) is 1. The van der Waals surface area contributed by atoms with Gasteiger partial charge in [-0.25, -0.2) is 0 Å². The summed E-state index contributed by atoms with van der Waals surface area (Å²) in [6.45, 7) is 0.992. The molecule has 0 radical (unpaired) electrons. The summed E-state index contributed by atoms with van der Waals surface area (Å²) < 4.78 is 10.8. The molecule has 0 aromatic heterocycles. The van der Waals surface area contributed by atoms with Crippen LogP contribution in [0.4, 0.5) is 0 Å². The van der Waals surface area contributed by atoms with Crippen LogP contribution in [0.1, 0.15) is 11.1 Å². The number of fused-ring (bicyclic) bond motifs is 1. The topological polar surface area (TPSA) is 38.7 Å². The van der Waals surface area contributed by atoms with Gasteiger partial charge in [0.15, 0.2) is 0 Å². The SMILES string of the molecule is OB1OCc2ccc(OCc3ccccc3)cc21. The highest BCUT2D eigenvalue weighted by molar-refractivity contribution is 6.61. The summed E-state index contributed by atoms with van der Waals surface area (Å²) in [5.74, 6) is 0.752. The minimum atomic E-state index is -0.819. The van der Waals surface area contributed by atoms with Gasteiger partial charge in [-0.15, -0.1) is 0 Å². The molecule has 3 nitrogen and oxygen atoms in total. The van der Waals surface area contributed by atoms with Crippen molar-refractivity contribution in [3.05, 3.63) is 59.7 Å². The monoisotopic (exact) mass is 240 g/mol. The van der Waals surface area contributed by atoms with E-state index in [1.165, 1.54) is 0 Å². The van der Waals surface area contributed by atoms with Crippen molar-refractivity contribution >= 4 is 12.6 Å². The molecule has 0 bridgehead atoms. The van der Waals surface area contributed by atoms with Crippen molar-refractivity contribution in [3.8, 4) is 5.75 Å². The third-order valence-electron chi connectivity index (χ3n) is 3.03. The van der Waals surface area contributed by atoms with Crippen LogP contribution >= 0.6 is 0 Å². The Balaban J connectivity index is 1.72. The van der Waals surface area contributed by atoms with Crippen molar-refractivity contribution in [2.75, 3.05) is 0 Å². The maximum Gasteiger partial charge on any atom is 0.491 e. The molecule has 90 valence electrons. The number of hydrogen-bond donors (Lipinski definition) is 1. The Kier molecular flexibility index (Phi) is 3.05. The largest absolute Gasteiger partial charge is 0.491 e. The molecular weight excluding hydrogens is 227 g/mol. The Hall–Kier alpha value is -1.78. The lowest BCUT2D eigenvalue weighted by molar-refractivity contribution is 0.275. The van der Waals surface area contributed by atoms with E-state index in [0.717, 1.165) is 22.3 Å². The van der Waals surface area contributed by atoms with E-state index in [2.05, 4.69) is 0 Å². The normalized spacial score (nSPS) is 13.5. The maximum atomic E-state index is 9.61. The molecule has 0 saturated carbocycles. The Morgan fingerprint density at radius 2 is 2.00 bits per heavy atom. The van der Waals surface area contributed by atoms with Crippen LogP contribution in [0.2, 0.25) is 0 Å². The van der Waals surface area contributed by atoms with Gasteiger partial charge in [0.1, 0.15) is 12.4 Å². The van der Waals surface area contributed by atoms with Gasteiger partial charge in [-0.1, -0.05) is 36.4 Å². The van der Waals surface area contributed by atoms with E-state index >= 15 is 0 Å². The van der Waals surface area contributed by atoms with Gasteiger partial charge in [0.05, 0.1) is 6.61 Å². The molecule has 0 unspecified atom stereocenters. The van der Waals surface area contributed by atoms with E-state index in [9.17, 15) is 5.02 Å². The van der Waals surface area contributed by atoms with Crippen molar-refractivity contribution in [1.82, 2.24) is 0 Å². The predicted molar refractivity (Wildman–Crippen MR) is 69.6 cm³/mol. The van der Waals surface area contributed by atoms with Gasteiger partial charge in [0.2, 0.25) is 0 Å². The van der Waals surface area contributed by atoms with Crippen molar-refractivity contribution in [2.45, 2.75) is 13.2 Å². The Labute approximate surface area is 106 Å². The first-order valence-electron chi connectivity index (χ1n) is 5.92. The van der Waals surface area contributed by atoms with Crippen LogP contribution in [0.15, 0.2) is 48.5 Å². The van der Waals surface area contributed by atoms with Crippen molar-refractivity contribution < 1.29 is 14.4 Å². The zero-order chi connectivity index (χ0) is 12.4. The van der Waals surface area contributed by atoms with Crippen LogP contribution in [0.5, 0.6) is 5.75 Å². The molecule has 0 atom stereocenters. The van der Waals surface area contributed by atoms with Crippen molar-refractivity contribution in [1.29, 1.82) is 0 Å². The second-order valence-electron chi connectivity index (χ2n) is 4.30. The van der Waals surface area contributed by atoms with Gasteiger partial charge in [-0.3, -0.25) is 0 Å². The molecule has 1 aliphatic rings.